The van der Waals surface area contributed by atoms with E-state index in [-0.39, 0.29) is 24.6 Å². The summed E-state index contributed by atoms with van der Waals surface area (Å²) in [4.78, 5) is 24.0. The molecule has 0 bridgehead atoms. The van der Waals surface area contributed by atoms with E-state index in [1.807, 2.05) is 0 Å². The number of carbonyl (C=O) groups is 2. The van der Waals surface area contributed by atoms with Gasteiger partial charge in [-0.3, -0.25) is 9.59 Å². The monoisotopic (exact) mass is 567 g/mol. The highest BCUT2D eigenvalue weighted by molar-refractivity contribution is 5.70. The van der Waals surface area contributed by atoms with E-state index >= 15 is 0 Å². The minimum absolute atomic E-state index is 0.168. The summed E-state index contributed by atoms with van der Waals surface area (Å²) >= 11 is 0. The zero-order chi connectivity index (χ0) is 29.4. The largest absolute Gasteiger partial charge is 0.462 e. The van der Waals surface area contributed by atoms with Gasteiger partial charge in [-0.05, 0) is 19.8 Å². The van der Waals surface area contributed by atoms with E-state index in [1.54, 1.807) is 6.92 Å². The Bertz CT molecular complexity index is 533. The summed E-state index contributed by atoms with van der Waals surface area (Å²) in [6.07, 6.45) is 35.7. The van der Waals surface area contributed by atoms with Crippen LogP contribution < -0.4 is 0 Å². The molecule has 238 valence electrons. The highest BCUT2D eigenvalue weighted by Gasteiger charge is 2.12. The fourth-order valence-electron chi connectivity index (χ4n) is 5.35. The highest BCUT2D eigenvalue weighted by Crippen LogP contribution is 2.15. The number of hydrogen-bond donors (Lipinski definition) is 0. The molecule has 40 heavy (non-hydrogen) atoms. The molecule has 0 N–H and O–H groups in total. The van der Waals surface area contributed by atoms with Crippen molar-refractivity contribution in [3.63, 3.8) is 0 Å². The van der Waals surface area contributed by atoms with Gasteiger partial charge >= 0.3 is 11.9 Å². The summed E-state index contributed by atoms with van der Waals surface area (Å²) < 4.78 is 10.7. The van der Waals surface area contributed by atoms with E-state index in [0.29, 0.717) is 12.8 Å². The molecule has 0 aliphatic rings. The van der Waals surface area contributed by atoms with Crippen LogP contribution in [0.2, 0.25) is 0 Å². The summed E-state index contributed by atoms with van der Waals surface area (Å²) in [5, 5.41) is 0. The van der Waals surface area contributed by atoms with Gasteiger partial charge in [0.25, 0.3) is 0 Å². The van der Waals surface area contributed by atoms with Crippen LogP contribution in [0.5, 0.6) is 0 Å². The standard InChI is InChI=1S/C36H70O4/c1-4-6-8-10-12-14-16-18-19-20-22-23-25-27-29-31-35(37)39-33-34(3)40-36(38)32-30-28-26-24-21-17-15-13-11-9-7-5-2/h34H,4-33H2,1-3H3. The summed E-state index contributed by atoms with van der Waals surface area (Å²) in [5.74, 6) is -0.336. The molecule has 0 heterocycles. The third-order valence-electron chi connectivity index (χ3n) is 8.03. The van der Waals surface area contributed by atoms with Gasteiger partial charge < -0.3 is 9.47 Å². The highest BCUT2D eigenvalue weighted by atomic mass is 16.6. The number of carbonyl (C=O) groups excluding carboxylic acids is 2. The van der Waals surface area contributed by atoms with Gasteiger partial charge in [-0.2, -0.15) is 0 Å². The van der Waals surface area contributed by atoms with Crippen molar-refractivity contribution in [2.24, 2.45) is 0 Å². The van der Waals surface area contributed by atoms with Gasteiger partial charge in [0.05, 0.1) is 0 Å². The number of rotatable bonds is 32. The second-order valence-corrected chi connectivity index (χ2v) is 12.3. The lowest BCUT2D eigenvalue weighted by Crippen LogP contribution is -2.22. The van der Waals surface area contributed by atoms with Crippen LogP contribution in [0.4, 0.5) is 0 Å². The van der Waals surface area contributed by atoms with Gasteiger partial charge in [-0.25, -0.2) is 0 Å². The van der Waals surface area contributed by atoms with E-state index in [1.165, 1.54) is 148 Å². The second kappa shape index (κ2) is 32.5. The van der Waals surface area contributed by atoms with E-state index in [4.69, 9.17) is 9.47 Å². The van der Waals surface area contributed by atoms with Gasteiger partial charge in [-0.15, -0.1) is 0 Å². The molecular weight excluding hydrogens is 496 g/mol. The number of ether oxygens (including phenoxy) is 2. The van der Waals surface area contributed by atoms with Crippen LogP contribution in [0.15, 0.2) is 0 Å². The first-order valence-electron chi connectivity index (χ1n) is 17.9. The minimum Gasteiger partial charge on any atom is -0.462 e. The Morgan fingerprint density at radius 3 is 1.02 bits per heavy atom. The minimum atomic E-state index is -0.366. The van der Waals surface area contributed by atoms with Crippen LogP contribution in [-0.4, -0.2) is 24.6 Å². The quantitative estimate of drug-likeness (QED) is 0.0600. The fraction of sp³-hybridized carbons (Fsp3) is 0.944. The Kier molecular flexibility index (Phi) is 31.6. The van der Waals surface area contributed by atoms with Gasteiger partial charge in [0.2, 0.25) is 0 Å². The molecule has 0 aliphatic carbocycles. The van der Waals surface area contributed by atoms with Gasteiger partial charge in [-0.1, -0.05) is 174 Å². The van der Waals surface area contributed by atoms with Crippen LogP contribution in [0.25, 0.3) is 0 Å². The second-order valence-electron chi connectivity index (χ2n) is 12.3. The lowest BCUT2D eigenvalue weighted by atomic mass is 10.0. The molecule has 0 radical (unpaired) electrons. The maximum Gasteiger partial charge on any atom is 0.306 e. The zero-order valence-corrected chi connectivity index (χ0v) is 27.4. The summed E-state index contributed by atoms with van der Waals surface area (Å²) in [6, 6.07) is 0. The van der Waals surface area contributed by atoms with Crippen LogP contribution in [0.3, 0.4) is 0 Å². The van der Waals surface area contributed by atoms with E-state index in [9.17, 15) is 9.59 Å². The third kappa shape index (κ3) is 31.5. The predicted octanol–water partition coefficient (Wildman–Crippen LogP) is 11.8. The van der Waals surface area contributed by atoms with Crippen molar-refractivity contribution in [1.82, 2.24) is 0 Å². The van der Waals surface area contributed by atoms with E-state index in [0.717, 1.165) is 25.7 Å². The van der Waals surface area contributed by atoms with E-state index in [2.05, 4.69) is 13.8 Å². The average Bonchev–Trinajstić information content (AvgIpc) is 2.94. The lowest BCUT2D eigenvalue weighted by Gasteiger charge is -2.13. The van der Waals surface area contributed by atoms with Crippen molar-refractivity contribution in [1.29, 1.82) is 0 Å². The smallest absolute Gasteiger partial charge is 0.306 e. The Labute approximate surface area is 250 Å². The Balaban J connectivity index is 3.39. The molecule has 0 aliphatic heterocycles. The molecule has 4 nitrogen and oxygen atoms in total. The number of hydrogen-bond acceptors (Lipinski definition) is 4. The van der Waals surface area contributed by atoms with Crippen molar-refractivity contribution < 1.29 is 19.1 Å². The Hall–Kier alpha value is -1.06. The molecule has 0 aromatic rings. The topological polar surface area (TPSA) is 52.6 Å². The van der Waals surface area contributed by atoms with Crippen LogP contribution >= 0.6 is 0 Å². The maximum absolute atomic E-state index is 12.0. The van der Waals surface area contributed by atoms with Crippen LogP contribution in [0.1, 0.15) is 207 Å². The average molecular weight is 567 g/mol. The molecule has 0 spiro atoms. The van der Waals surface area contributed by atoms with Crippen molar-refractivity contribution >= 4 is 11.9 Å². The summed E-state index contributed by atoms with van der Waals surface area (Å²) in [5.41, 5.74) is 0. The Morgan fingerprint density at radius 1 is 0.425 bits per heavy atom. The molecule has 1 atom stereocenters. The Morgan fingerprint density at radius 2 is 0.700 bits per heavy atom. The molecule has 0 aromatic carbocycles. The molecular formula is C36H70O4. The molecule has 0 saturated carbocycles. The van der Waals surface area contributed by atoms with Gasteiger partial charge in [0.1, 0.15) is 12.7 Å². The third-order valence-corrected chi connectivity index (χ3v) is 8.03. The molecule has 0 saturated heterocycles. The van der Waals surface area contributed by atoms with Gasteiger partial charge in [0.15, 0.2) is 0 Å². The van der Waals surface area contributed by atoms with E-state index < -0.39 is 0 Å². The molecule has 0 rings (SSSR count). The van der Waals surface area contributed by atoms with Crippen LogP contribution in [-0.2, 0) is 19.1 Å². The first kappa shape index (κ1) is 38.9. The summed E-state index contributed by atoms with van der Waals surface area (Å²) in [6.45, 7) is 6.52. The number of esters is 2. The molecule has 0 amide bonds. The van der Waals surface area contributed by atoms with Crippen molar-refractivity contribution in [3.8, 4) is 0 Å². The lowest BCUT2D eigenvalue weighted by molar-refractivity contribution is -0.158. The number of unbranched alkanes of at least 4 members (excludes halogenated alkanes) is 25. The maximum atomic E-state index is 12.0. The van der Waals surface area contributed by atoms with Crippen molar-refractivity contribution in [2.45, 2.75) is 213 Å². The first-order chi connectivity index (χ1) is 19.6. The molecule has 1 unspecified atom stereocenters. The molecule has 0 fully saturated rings. The SMILES string of the molecule is CCCCCCCCCCCCCCCCCC(=O)OCC(C)OC(=O)CCCCCCCCCCCCCC. The summed E-state index contributed by atoms with van der Waals surface area (Å²) in [7, 11) is 0. The van der Waals surface area contributed by atoms with Crippen molar-refractivity contribution in [2.75, 3.05) is 6.61 Å². The zero-order valence-electron chi connectivity index (χ0n) is 27.4. The fourth-order valence-corrected chi connectivity index (χ4v) is 5.35. The first-order valence-corrected chi connectivity index (χ1v) is 17.9. The molecule has 4 heteroatoms. The molecule has 0 aromatic heterocycles. The van der Waals surface area contributed by atoms with Crippen molar-refractivity contribution in [3.05, 3.63) is 0 Å². The predicted molar refractivity (Wildman–Crippen MR) is 172 cm³/mol. The normalized spacial score (nSPS) is 12.0. The van der Waals surface area contributed by atoms with Crippen LogP contribution in [0, 0.1) is 0 Å². The van der Waals surface area contributed by atoms with Gasteiger partial charge in [0, 0.05) is 12.8 Å².